The second-order valence-corrected chi connectivity index (χ2v) is 10.8. The third-order valence-corrected chi connectivity index (χ3v) is 7.87. The molecule has 0 spiro atoms. The molecular weight excluding hydrogens is 549 g/mol. The van der Waals surface area contributed by atoms with Crippen molar-refractivity contribution in [2.45, 2.75) is 12.6 Å². The summed E-state index contributed by atoms with van der Waals surface area (Å²) < 4.78 is 78.8. The van der Waals surface area contributed by atoms with E-state index in [1.54, 1.807) is 0 Å². The highest BCUT2D eigenvalue weighted by atomic mass is 32.2. The van der Waals surface area contributed by atoms with Gasteiger partial charge in [0.25, 0.3) is 5.56 Å². The van der Waals surface area contributed by atoms with Crippen LogP contribution < -0.4 is 20.3 Å². The van der Waals surface area contributed by atoms with Crippen molar-refractivity contribution in [3.63, 3.8) is 0 Å². The van der Waals surface area contributed by atoms with Crippen LogP contribution in [0.2, 0.25) is 0 Å². The van der Waals surface area contributed by atoms with Crippen LogP contribution in [-0.4, -0.2) is 59.7 Å². The summed E-state index contributed by atoms with van der Waals surface area (Å²) in [5.74, 6) is -1.43. The van der Waals surface area contributed by atoms with Crippen molar-refractivity contribution in [1.29, 1.82) is 0 Å². The Morgan fingerprint density at radius 3 is 2.65 bits per heavy atom. The lowest BCUT2D eigenvalue weighted by Gasteiger charge is -2.18. The first-order chi connectivity index (χ1) is 19.1. The standard InChI is InChI=1S/C26H25F3N6O4S/c1-34-24-16(14-31-26(32-24)30-10-12-39-18-5-3-2-4-6-18)13-19(25(34)36)22-20(28)7-8-21(23(22)29)33-40(37,38)35-11-9-17(27)15-35/h2-8,13-14,17,33H,9-12,15H2,1H3,(H,30,31,32). The van der Waals surface area contributed by atoms with E-state index in [1.807, 2.05) is 35.1 Å². The van der Waals surface area contributed by atoms with Crippen molar-refractivity contribution < 1.29 is 26.3 Å². The smallest absolute Gasteiger partial charge is 0.301 e. The molecule has 5 rings (SSSR count). The second-order valence-electron chi connectivity index (χ2n) is 9.12. The number of halogens is 3. The number of nitrogens with zero attached hydrogens (tertiary/aromatic N) is 4. The van der Waals surface area contributed by atoms with Gasteiger partial charge in [-0.25, -0.2) is 18.2 Å². The Hall–Kier alpha value is -4.17. The quantitative estimate of drug-likeness (QED) is 0.294. The largest absolute Gasteiger partial charge is 0.492 e. The average Bonchev–Trinajstić information content (AvgIpc) is 3.39. The zero-order valence-electron chi connectivity index (χ0n) is 21.3. The van der Waals surface area contributed by atoms with E-state index in [9.17, 15) is 22.0 Å². The molecule has 2 N–H and O–H groups in total. The van der Waals surface area contributed by atoms with E-state index in [4.69, 9.17) is 4.74 Å². The third kappa shape index (κ3) is 5.58. The Labute approximate surface area is 227 Å². The molecule has 0 aliphatic carbocycles. The van der Waals surface area contributed by atoms with E-state index >= 15 is 4.39 Å². The van der Waals surface area contributed by atoms with E-state index < -0.39 is 44.8 Å². The number of rotatable bonds is 9. The zero-order chi connectivity index (χ0) is 28.4. The molecule has 2 aromatic carbocycles. The second kappa shape index (κ2) is 11.1. The van der Waals surface area contributed by atoms with Crippen LogP contribution >= 0.6 is 0 Å². The summed E-state index contributed by atoms with van der Waals surface area (Å²) in [4.78, 5) is 21.8. The van der Waals surface area contributed by atoms with Gasteiger partial charge in [-0.15, -0.1) is 0 Å². The number of aryl methyl sites for hydroxylation is 1. The molecule has 1 unspecified atom stereocenters. The van der Waals surface area contributed by atoms with Gasteiger partial charge in [-0.05, 0) is 36.8 Å². The fraction of sp³-hybridized carbons (Fsp3) is 0.269. The van der Waals surface area contributed by atoms with Gasteiger partial charge in [0.15, 0.2) is 5.82 Å². The minimum Gasteiger partial charge on any atom is -0.492 e. The summed E-state index contributed by atoms with van der Waals surface area (Å²) in [6.45, 7) is 0.254. The van der Waals surface area contributed by atoms with E-state index in [0.717, 1.165) is 21.0 Å². The normalized spacial score (nSPS) is 15.8. The molecule has 0 amide bonds. The Morgan fingerprint density at radius 1 is 1.15 bits per heavy atom. The van der Waals surface area contributed by atoms with Crippen molar-refractivity contribution in [1.82, 2.24) is 18.8 Å². The first-order valence-electron chi connectivity index (χ1n) is 12.3. The van der Waals surface area contributed by atoms with E-state index in [1.165, 1.54) is 19.3 Å². The highest BCUT2D eigenvalue weighted by Gasteiger charge is 2.32. The van der Waals surface area contributed by atoms with Gasteiger partial charge in [-0.1, -0.05) is 18.2 Å². The lowest BCUT2D eigenvalue weighted by Crippen LogP contribution is -2.34. The third-order valence-electron chi connectivity index (χ3n) is 6.38. The Balaban J connectivity index is 1.40. The molecule has 1 aliphatic heterocycles. The number of fused-ring (bicyclic) bond motifs is 1. The highest BCUT2D eigenvalue weighted by molar-refractivity contribution is 7.90. The number of hydrogen-bond donors (Lipinski definition) is 2. The summed E-state index contributed by atoms with van der Waals surface area (Å²) in [6.07, 6.45) is 0.0900. The van der Waals surface area contributed by atoms with Gasteiger partial charge < -0.3 is 10.1 Å². The van der Waals surface area contributed by atoms with E-state index in [-0.39, 0.29) is 36.7 Å². The fourth-order valence-corrected chi connectivity index (χ4v) is 5.62. The maximum absolute atomic E-state index is 15.5. The van der Waals surface area contributed by atoms with Crippen LogP contribution in [0.15, 0.2) is 59.5 Å². The van der Waals surface area contributed by atoms with Crippen molar-refractivity contribution in [3.8, 4) is 16.9 Å². The number of hydrogen-bond acceptors (Lipinski definition) is 7. The fourth-order valence-electron chi connectivity index (χ4n) is 4.35. The maximum atomic E-state index is 15.5. The van der Waals surface area contributed by atoms with Gasteiger partial charge in [-0.2, -0.15) is 17.7 Å². The molecular formula is C26H25F3N6O4S. The van der Waals surface area contributed by atoms with Gasteiger partial charge in [0, 0.05) is 31.7 Å². The van der Waals surface area contributed by atoms with Crippen LogP contribution in [0.3, 0.4) is 0 Å². The number of aromatic nitrogens is 3. The molecule has 3 heterocycles. The summed E-state index contributed by atoms with van der Waals surface area (Å²) in [5.41, 5.74) is -2.19. The Kier molecular flexibility index (Phi) is 7.63. The molecule has 1 aliphatic rings. The van der Waals surface area contributed by atoms with Crippen molar-refractivity contribution in [2.24, 2.45) is 7.05 Å². The van der Waals surface area contributed by atoms with Crippen molar-refractivity contribution in [3.05, 3.63) is 76.7 Å². The summed E-state index contributed by atoms with van der Waals surface area (Å²) in [5, 5.41) is 3.32. The first-order valence-corrected chi connectivity index (χ1v) is 13.8. The zero-order valence-corrected chi connectivity index (χ0v) is 22.1. The molecule has 2 aromatic heterocycles. The van der Waals surface area contributed by atoms with Gasteiger partial charge in [0.05, 0.1) is 23.4 Å². The Morgan fingerprint density at radius 2 is 1.93 bits per heavy atom. The predicted octanol–water partition coefficient (Wildman–Crippen LogP) is 3.47. The molecule has 0 radical (unpaired) electrons. The average molecular weight is 575 g/mol. The number of ether oxygens (including phenoxy) is 1. The number of pyridine rings is 1. The van der Waals surface area contributed by atoms with Gasteiger partial charge in [0.1, 0.15) is 30.0 Å². The Bertz CT molecular complexity index is 1720. The minimum absolute atomic E-state index is 0.0198. The molecule has 210 valence electrons. The van der Waals surface area contributed by atoms with Crippen molar-refractivity contribution >= 4 is 32.9 Å². The summed E-state index contributed by atoms with van der Waals surface area (Å²) in [7, 11) is -2.91. The van der Waals surface area contributed by atoms with Gasteiger partial charge in [-0.3, -0.25) is 14.1 Å². The van der Waals surface area contributed by atoms with Crippen LogP contribution in [0.1, 0.15) is 6.42 Å². The van der Waals surface area contributed by atoms with Crippen LogP contribution in [0, 0.1) is 11.6 Å². The highest BCUT2D eigenvalue weighted by Crippen LogP contribution is 2.31. The number of nitrogens with one attached hydrogen (secondary N) is 2. The van der Waals surface area contributed by atoms with Crippen LogP contribution in [0.5, 0.6) is 5.75 Å². The number of alkyl halides is 1. The SMILES string of the molecule is Cn1c(=O)c(-c2c(F)ccc(NS(=O)(=O)N3CCC(F)C3)c2F)cc2cnc(NCCOc3ccccc3)nc21. The molecule has 14 heteroatoms. The van der Waals surface area contributed by atoms with Crippen LogP contribution in [-0.2, 0) is 17.3 Å². The molecule has 1 atom stereocenters. The summed E-state index contributed by atoms with van der Waals surface area (Å²) in [6, 6.07) is 12.2. The lowest BCUT2D eigenvalue weighted by atomic mass is 10.0. The molecule has 0 bridgehead atoms. The predicted molar refractivity (Wildman–Crippen MR) is 144 cm³/mol. The number of para-hydroxylation sites is 1. The number of benzene rings is 2. The molecule has 0 saturated carbocycles. The monoisotopic (exact) mass is 574 g/mol. The summed E-state index contributed by atoms with van der Waals surface area (Å²) >= 11 is 0. The van der Waals surface area contributed by atoms with E-state index in [2.05, 4.69) is 15.3 Å². The molecule has 40 heavy (non-hydrogen) atoms. The molecule has 4 aromatic rings. The van der Waals surface area contributed by atoms with Crippen LogP contribution in [0.25, 0.3) is 22.2 Å². The van der Waals surface area contributed by atoms with Crippen LogP contribution in [0.4, 0.5) is 24.8 Å². The molecule has 1 saturated heterocycles. The topological polar surface area (TPSA) is 118 Å². The lowest BCUT2D eigenvalue weighted by molar-refractivity contribution is 0.332. The molecule has 1 fully saturated rings. The first kappa shape index (κ1) is 27.4. The van der Waals surface area contributed by atoms with Crippen molar-refractivity contribution in [2.75, 3.05) is 36.3 Å². The van der Waals surface area contributed by atoms with Gasteiger partial charge in [0.2, 0.25) is 5.95 Å². The molecule has 10 nitrogen and oxygen atoms in total. The maximum Gasteiger partial charge on any atom is 0.301 e. The van der Waals surface area contributed by atoms with E-state index in [0.29, 0.717) is 24.3 Å². The minimum atomic E-state index is -4.30. The van der Waals surface area contributed by atoms with Gasteiger partial charge >= 0.3 is 10.2 Å². The number of anilines is 2.